The number of carbonyl (C=O) groups excluding carboxylic acids is 2. The number of aromatic nitrogens is 1. The molecule has 142 valence electrons. The zero-order valence-electron chi connectivity index (χ0n) is 16.0. The highest BCUT2D eigenvalue weighted by Gasteiger charge is 2.12. The van der Waals surface area contributed by atoms with E-state index >= 15 is 0 Å². The van der Waals surface area contributed by atoms with Crippen molar-refractivity contribution >= 4 is 11.8 Å². The van der Waals surface area contributed by atoms with Crippen molar-refractivity contribution in [1.29, 1.82) is 0 Å². The van der Waals surface area contributed by atoms with Crippen LogP contribution in [-0.2, 0) is 6.54 Å². The van der Waals surface area contributed by atoms with Crippen molar-refractivity contribution in [3.8, 4) is 11.3 Å². The average molecular weight is 373 g/mol. The highest BCUT2D eigenvalue weighted by Crippen LogP contribution is 2.18. The standard InChI is InChI=1S/C23H23N3O2/c1-3-24-22(27)19-11-7-8-17(14-19)15-25-23(28)20-12-13-21(26-16(20)2)18-9-5-4-6-10-18/h4-14H,3,15H2,1-2H3,(H,24,27)(H,25,28). The van der Waals surface area contributed by atoms with E-state index in [0.717, 1.165) is 16.8 Å². The zero-order valence-corrected chi connectivity index (χ0v) is 16.0. The highest BCUT2D eigenvalue weighted by molar-refractivity contribution is 5.96. The van der Waals surface area contributed by atoms with E-state index in [4.69, 9.17) is 0 Å². The van der Waals surface area contributed by atoms with Crippen LogP contribution in [0.2, 0.25) is 0 Å². The number of hydrogen-bond donors (Lipinski definition) is 2. The third kappa shape index (κ3) is 4.62. The summed E-state index contributed by atoms with van der Waals surface area (Å²) in [5, 5.41) is 5.67. The number of aryl methyl sites for hydroxylation is 1. The van der Waals surface area contributed by atoms with Crippen LogP contribution in [0.15, 0.2) is 66.7 Å². The molecule has 2 amide bonds. The number of benzene rings is 2. The number of rotatable bonds is 6. The Morgan fingerprint density at radius 1 is 0.893 bits per heavy atom. The average Bonchev–Trinajstić information content (AvgIpc) is 2.73. The first-order valence-electron chi connectivity index (χ1n) is 9.27. The number of nitrogens with one attached hydrogen (secondary N) is 2. The number of pyridine rings is 1. The van der Waals surface area contributed by atoms with E-state index < -0.39 is 0 Å². The molecule has 0 unspecified atom stereocenters. The molecular weight excluding hydrogens is 350 g/mol. The lowest BCUT2D eigenvalue weighted by Crippen LogP contribution is -2.25. The van der Waals surface area contributed by atoms with Gasteiger partial charge in [-0.15, -0.1) is 0 Å². The first-order chi connectivity index (χ1) is 13.6. The molecule has 3 aromatic rings. The summed E-state index contributed by atoms with van der Waals surface area (Å²) in [5.41, 5.74) is 4.51. The van der Waals surface area contributed by atoms with E-state index in [9.17, 15) is 9.59 Å². The number of carbonyl (C=O) groups is 2. The van der Waals surface area contributed by atoms with Crippen LogP contribution in [0.5, 0.6) is 0 Å². The minimum absolute atomic E-state index is 0.118. The zero-order chi connectivity index (χ0) is 19.9. The van der Waals surface area contributed by atoms with Crippen LogP contribution in [0.3, 0.4) is 0 Å². The van der Waals surface area contributed by atoms with E-state index in [1.54, 1.807) is 18.2 Å². The fourth-order valence-electron chi connectivity index (χ4n) is 2.93. The van der Waals surface area contributed by atoms with Crippen LogP contribution >= 0.6 is 0 Å². The van der Waals surface area contributed by atoms with Gasteiger partial charge in [-0.1, -0.05) is 42.5 Å². The molecule has 0 spiro atoms. The van der Waals surface area contributed by atoms with E-state index in [0.29, 0.717) is 29.9 Å². The molecular formula is C23H23N3O2. The van der Waals surface area contributed by atoms with Crippen molar-refractivity contribution in [3.05, 3.63) is 89.1 Å². The predicted octanol–water partition coefficient (Wildman–Crippen LogP) is 3.74. The van der Waals surface area contributed by atoms with E-state index in [1.165, 1.54) is 0 Å². The normalized spacial score (nSPS) is 10.4. The second kappa shape index (κ2) is 8.95. The summed E-state index contributed by atoms with van der Waals surface area (Å²) in [6, 6.07) is 20.7. The van der Waals surface area contributed by atoms with Crippen molar-refractivity contribution in [3.63, 3.8) is 0 Å². The Bertz CT molecular complexity index is 984. The lowest BCUT2D eigenvalue weighted by molar-refractivity contribution is 0.0946. The van der Waals surface area contributed by atoms with Gasteiger partial charge in [-0.3, -0.25) is 14.6 Å². The van der Waals surface area contributed by atoms with Crippen LogP contribution in [0.4, 0.5) is 0 Å². The van der Waals surface area contributed by atoms with Gasteiger partial charge in [0, 0.05) is 24.2 Å². The molecule has 2 N–H and O–H groups in total. The Balaban J connectivity index is 1.69. The monoisotopic (exact) mass is 373 g/mol. The van der Waals surface area contributed by atoms with Crippen molar-refractivity contribution < 1.29 is 9.59 Å². The molecule has 0 fully saturated rings. The maximum absolute atomic E-state index is 12.6. The van der Waals surface area contributed by atoms with Gasteiger partial charge in [0.25, 0.3) is 11.8 Å². The van der Waals surface area contributed by atoms with Gasteiger partial charge >= 0.3 is 0 Å². The molecule has 2 aromatic carbocycles. The summed E-state index contributed by atoms with van der Waals surface area (Å²) in [5.74, 6) is -0.305. The van der Waals surface area contributed by atoms with Gasteiger partial charge in [-0.25, -0.2) is 0 Å². The second-order valence-corrected chi connectivity index (χ2v) is 6.44. The van der Waals surface area contributed by atoms with Crippen LogP contribution in [-0.4, -0.2) is 23.3 Å². The van der Waals surface area contributed by atoms with Crippen LogP contribution in [0.1, 0.15) is 38.9 Å². The SMILES string of the molecule is CCNC(=O)c1cccc(CNC(=O)c2ccc(-c3ccccc3)nc2C)c1. The summed E-state index contributed by atoms with van der Waals surface area (Å²) >= 11 is 0. The molecule has 0 atom stereocenters. The second-order valence-electron chi connectivity index (χ2n) is 6.44. The largest absolute Gasteiger partial charge is 0.352 e. The molecule has 0 radical (unpaired) electrons. The van der Waals surface area contributed by atoms with Gasteiger partial charge in [0.2, 0.25) is 0 Å². The van der Waals surface area contributed by atoms with Crippen molar-refractivity contribution in [2.45, 2.75) is 20.4 Å². The summed E-state index contributed by atoms with van der Waals surface area (Å²) < 4.78 is 0. The number of amides is 2. The molecule has 1 aromatic heterocycles. The highest BCUT2D eigenvalue weighted by atomic mass is 16.2. The van der Waals surface area contributed by atoms with E-state index in [2.05, 4.69) is 15.6 Å². The maximum Gasteiger partial charge on any atom is 0.253 e. The van der Waals surface area contributed by atoms with Crippen molar-refractivity contribution in [2.75, 3.05) is 6.54 Å². The van der Waals surface area contributed by atoms with Crippen LogP contribution in [0, 0.1) is 6.92 Å². The third-order valence-electron chi connectivity index (χ3n) is 4.38. The molecule has 28 heavy (non-hydrogen) atoms. The lowest BCUT2D eigenvalue weighted by Gasteiger charge is -2.10. The molecule has 5 nitrogen and oxygen atoms in total. The Kier molecular flexibility index (Phi) is 6.17. The third-order valence-corrected chi connectivity index (χ3v) is 4.38. The molecule has 0 saturated heterocycles. The quantitative estimate of drug-likeness (QED) is 0.691. The summed E-state index contributed by atoms with van der Waals surface area (Å²) in [4.78, 5) is 29.1. The van der Waals surface area contributed by atoms with Crippen LogP contribution < -0.4 is 10.6 Å². The first kappa shape index (κ1) is 19.3. The van der Waals surface area contributed by atoms with Gasteiger partial charge in [0.1, 0.15) is 0 Å². The Hall–Kier alpha value is -3.47. The molecule has 0 bridgehead atoms. The van der Waals surface area contributed by atoms with Gasteiger partial charge in [-0.2, -0.15) is 0 Å². The maximum atomic E-state index is 12.6. The lowest BCUT2D eigenvalue weighted by atomic mass is 10.1. The molecule has 1 heterocycles. The van der Waals surface area contributed by atoms with Crippen molar-refractivity contribution in [1.82, 2.24) is 15.6 Å². The van der Waals surface area contributed by atoms with Gasteiger partial charge in [0.15, 0.2) is 0 Å². The molecule has 0 aliphatic heterocycles. The predicted molar refractivity (Wildman–Crippen MR) is 110 cm³/mol. The Morgan fingerprint density at radius 2 is 1.68 bits per heavy atom. The topological polar surface area (TPSA) is 71.1 Å². The number of nitrogens with zero attached hydrogens (tertiary/aromatic N) is 1. The molecule has 0 saturated carbocycles. The van der Waals surface area contributed by atoms with Crippen molar-refractivity contribution in [2.24, 2.45) is 0 Å². The summed E-state index contributed by atoms with van der Waals surface area (Å²) in [7, 11) is 0. The minimum atomic E-state index is -0.187. The van der Waals surface area contributed by atoms with Crippen LogP contribution in [0.25, 0.3) is 11.3 Å². The summed E-state index contributed by atoms with van der Waals surface area (Å²) in [6.07, 6.45) is 0. The minimum Gasteiger partial charge on any atom is -0.352 e. The molecule has 5 heteroatoms. The molecule has 0 aliphatic carbocycles. The van der Waals surface area contributed by atoms with Gasteiger partial charge < -0.3 is 10.6 Å². The van der Waals surface area contributed by atoms with Gasteiger partial charge in [-0.05, 0) is 43.7 Å². The van der Waals surface area contributed by atoms with E-state index in [1.807, 2.05) is 62.4 Å². The fourth-order valence-corrected chi connectivity index (χ4v) is 2.93. The fraction of sp³-hybridized carbons (Fsp3) is 0.174. The first-order valence-corrected chi connectivity index (χ1v) is 9.27. The van der Waals surface area contributed by atoms with Gasteiger partial charge in [0.05, 0.1) is 17.0 Å². The molecule has 0 aliphatic rings. The molecule has 3 rings (SSSR count). The Labute approximate surface area is 164 Å². The number of hydrogen-bond acceptors (Lipinski definition) is 3. The summed E-state index contributed by atoms with van der Waals surface area (Å²) in [6.45, 7) is 4.62. The van der Waals surface area contributed by atoms with E-state index in [-0.39, 0.29) is 11.8 Å². The Morgan fingerprint density at radius 3 is 2.39 bits per heavy atom. The smallest absolute Gasteiger partial charge is 0.253 e.